The minimum Gasteiger partial charge on any atom is -0.390 e. The molecule has 3 aliphatic rings. The van der Waals surface area contributed by atoms with Gasteiger partial charge in [0.25, 0.3) is 0 Å². The van der Waals surface area contributed by atoms with E-state index < -0.39 is 0 Å². The molecule has 0 amide bonds. The van der Waals surface area contributed by atoms with Gasteiger partial charge in [0.2, 0.25) is 0 Å². The first-order chi connectivity index (χ1) is 15.5. The number of likely N-dealkylation sites (N-methyl/N-ethyl adjacent to an activating group) is 1. The van der Waals surface area contributed by atoms with Gasteiger partial charge in [-0.2, -0.15) is 0 Å². The van der Waals surface area contributed by atoms with Crippen LogP contribution in [0.15, 0.2) is 18.2 Å². The molecule has 32 heavy (non-hydrogen) atoms. The van der Waals surface area contributed by atoms with Gasteiger partial charge in [-0.3, -0.25) is 0 Å². The summed E-state index contributed by atoms with van der Waals surface area (Å²) in [4.78, 5) is 13.9. The maximum absolute atomic E-state index is 10.1. The number of nitrogens with zero attached hydrogens (tertiary/aromatic N) is 4. The zero-order valence-corrected chi connectivity index (χ0v) is 18.9. The van der Waals surface area contributed by atoms with E-state index in [0.717, 1.165) is 57.6 Å². The lowest BCUT2D eigenvalue weighted by Gasteiger charge is -2.39. The summed E-state index contributed by atoms with van der Waals surface area (Å²) in [6.07, 6.45) is 5.84. The van der Waals surface area contributed by atoms with Gasteiger partial charge in [-0.25, -0.2) is 9.97 Å². The number of nitrogens with one attached hydrogen (secondary N) is 2. The van der Waals surface area contributed by atoms with Gasteiger partial charge in [0.15, 0.2) is 11.6 Å². The van der Waals surface area contributed by atoms with Crippen LogP contribution in [-0.2, 0) is 17.8 Å². The third-order valence-corrected chi connectivity index (χ3v) is 7.25. The second-order valence-corrected chi connectivity index (χ2v) is 9.48. The second kappa shape index (κ2) is 8.33. The predicted molar refractivity (Wildman–Crippen MR) is 126 cm³/mol. The number of aliphatic hydroxyl groups is 1. The van der Waals surface area contributed by atoms with E-state index in [1.807, 2.05) is 6.07 Å². The molecule has 2 aromatic rings. The van der Waals surface area contributed by atoms with Gasteiger partial charge < -0.3 is 30.4 Å². The number of aromatic nitrogens is 2. The third kappa shape index (κ3) is 3.82. The summed E-state index contributed by atoms with van der Waals surface area (Å²) in [5, 5.41) is 21.3. The summed E-state index contributed by atoms with van der Waals surface area (Å²) in [5.41, 5.74) is 4.75. The highest BCUT2D eigenvalue weighted by atomic mass is 16.5. The van der Waals surface area contributed by atoms with Gasteiger partial charge in [0.05, 0.1) is 19.3 Å². The molecular formula is C24H32N6O2. The molecule has 8 heteroatoms. The molecule has 1 aromatic heterocycles. The molecule has 0 radical (unpaired) electrons. The average Bonchev–Trinajstić information content (AvgIpc) is 3.36. The fraction of sp³-hybridized carbons (Fsp3) is 0.542. The van der Waals surface area contributed by atoms with E-state index in [1.54, 1.807) is 0 Å². The SMILES string of the molecule is C[C@H]1CC2(CCN(c3nc(C=N)c(Nc4ccc5c(c4)N(C)CC5)nc3CO)CC2)CO1. The smallest absolute Gasteiger partial charge is 0.158 e. The fourth-order valence-electron chi connectivity index (χ4n) is 5.37. The predicted octanol–water partition coefficient (Wildman–Crippen LogP) is 3.10. The van der Waals surface area contributed by atoms with Crippen molar-refractivity contribution in [3.63, 3.8) is 0 Å². The number of fused-ring (bicyclic) bond motifs is 1. The molecule has 170 valence electrons. The standard InChI is InChI=1S/C24H32N6O2/c1-16-12-24(15-32-16)6-9-30(10-7-24)23-20(14-31)27-22(19(13-25)28-23)26-18-4-3-17-5-8-29(2)21(17)11-18/h3-4,11,13,16,25,31H,5-10,12,14-15H2,1-2H3,(H,26,27)/t16-/m0/s1. The Morgan fingerprint density at radius 1 is 1.28 bits per heavy atom. The minimum absolute atomic E-state index is 0.190. The maximum Gasteiger partial charge on any atom is 0.158 e. The fourth-order valence-corrected chi connectivity index (χ4v) is 5.37. The lowest BCUT2D eigenvalue weighted by Crippen LogP contribution is -2.41. The van der Waals surface area contributed by atoms with E-state index in [9.17, 15) is 5.11 Å². The molecule has 0 bridgehead atoms. The molecule has 1 spiro atoms. The zero-order chi connectivity index (χ0) is 22.3. The van der Waals surface area contributed by atoms with Crippen molar-refractivity contribution in [2.45, 2.75) is 45.3 Å². The van der Waals surface area contributed by atoms with Crippen LogP contribution in [0.1, 0.15) is 43.1 Å². The van der Waals surface area contributed by atoms with Crippen molar-refractivity contribution < 1.29 is 9.84 Å². The molecule has 1 atom stereocenters. The van der Waals surface area contributed by atoms with E-state index in [2.05, 4.69) is 41.2 Å². The molecule has 2 fully saturated rings. The zero-order valence-electron chi connectivity index (χ0n) is 18.9. The van der Waals surface area contributed by atoms with Crippen LogP contribution >= 0.6 is 0 Å². The summed E-state index contributed by atoms with van der Waals surface area (Å²) in [6, 6.07) is 6.28. The monoisotopic (exact) mass is 436 g/mol. The lowest BCUT2D eigenvalue weighted by molar-refractivity contribution is 0.0975. The highest BCUT2D eigenvalue weighted by Crippen LogP contribution is 2.43. The minimum atomic E-state index is -0.190. The van der Waals surface area contributed by atoms with Gasteiger partial charge in [-0.1, -0.05) is 6.07 Å². The van der Waals surface area contributed by atoms with Crippen LogP contribution < -0.4 is 15.1 Å². The summed E-state index contributed by atoms with van der Waals surface area (Å²) in [6.45, 7) is 5.54. The van der Waals surface area contributed by atoms with Crippen LogP contribution in [0, 0.1) is 10.8 Å². The topological polar surface area (TPSA) is 97.6 Å². The van der Waals surface area contributed by atoms with Crippen molar-refractivity contribution in [3.05, 3.63) is 35.2 Å². The van der Waals surface area contributed by atoms with Gasteiger partial charge in [0, 0.05) is 44.3 Å². The Bertz CT molecular complexity index is 1020. The Morgan fingerprint density at radius 3 is 2.78 bits per heavy atom. The molecule has 0 unspecified atom stereocenters. The molecule has 3 N–H and O–H groups in total. The highest BCUT2D eigenvalue weighted by molar-refractivity contribution is 5.84. The first kappa shape index (κ1) is 21.2. The van der Waals surface area contributed by atoms with Crippen molar-refractivity contribution >= 4 is 29.2 Å². The summed E-state index contributed by atoms with van der Waals surface area (Å²) in [7, 11) is 2.10. The maximum atomic E-state index is 10.1. The van der Waals surface area contributed by atoms with Crippen LogP contribution in [0.25, 0.3) is 0 Å². The van der Waals surface area contributed by atoms with Gasteiger partial charge in [0.1, 0.15) is 11.4 Å². The van der Waals surface area contributed by atoms with E-state index in [0.29, 0.717) is 29.1 Å². The molecule has 0 saturated carbocycles. The highest BCUT2D eigenvalue weighted by Gasteiger charge is 2.41. The summed E-state index contributed by atoms with van der Waals surface area (Å²) >= 11 is 0. The van der Waals surface area contributed by atoms with Crippen LogP contribution in [0.4, 0.5) is 23.0 Å². The summed E-state index contributed by atoms with van der Waals surface area (Å²) in [5.74, 6) is 1.19. The number of aliphatic hydroxyl groups excluding tert-OH is 1. The number of hydrogen-bond donors (Lipinski definition) is 3. The Kier molecular flexibility index (Phi) is 5.51. The lowest BCUT2D eigenvalue weighted by atomic mass is 9.77. The van der Waals surface area contributed by atoms with E-state index in [4.69, 9.17) is 20.1 Å². The Morgan fingerprint density at radius 2 is 2.09 bits per heavy atom. The number of anilines is 4. The molecule has 3 aliphatic heterocycles. The van der Waals surface area contributed by atoms with E-state index in [-0.39, 0.29) is 12.0 Å². The van der Waals surface area contributed by atoms with Crippen molar-refractivity contribution in [1.82, 2.24) is 9.97 Å². The average molecular weight is 437 g/mol. The largest absolute Gasteiger partial charge is 0.390 e. The molecule has 2 saturated heterocycles. The number of ether oxygens (including phenoxy) is 1. The summed E-state index contributed by atoms with van der Waals surface area (Å²) < 4.78 is 5.85. The first-order valence-electron chi connectivity index (χ1n) is 11.5. The molecular weight excluding hydrogens is 404 g/mol. The van der Waals surface area contributed by atoms with Crippen LogP contribution in [0.2, 0.25) is 0 Å². The number of rotatable bonds is 5. The van der Waals surface area contributed by atoms with Crippen LogP contribution in [0.5, 0.6) is 0 Å². The van der Waals surface area contributed by atoms with E-state index >= 15 is 0 Å². The molecule has 8 nitrogen and oxygen atoms in total. The van der Waals surface area contributed by atoms with Crippen molar-refractivity contribution in [1.29, 1.82) is 5.41 Å². The Hall–Kier alpha value is -2.71. The first-order valence-corrected chi connectivity index (χ1v) is 11.5. The normalized spacial score (nSPS) is 21.8. The van der Waals surface area contributed by atoms with Gasteiger partial charge >= 0.3 is 0 Å². The Labute approximate surface area is 189 Å². The van der Waals surface area contributed by atoms with Gasteiger partial charge in [-0.15, -0.1) is 0 Å². The van der Waals surface area contributed by atoms with Crippen molar-refractivity contribution in [2.24, 2.45) is 5.41 Å². The number of benzene rings is 1. The molecule has 0 aliphatic carbocycles. The van der Waals surface area contributed by atoms with E-state index in [1.165, 1.54) is 17.5 Å². The molecule has 5 rings (SSSR count). The van der Waals surface area contributed by atoms with Crippen molar-refractivity contribution in [3.8, 4) is 0 Å². The second-order valence-electron chi connectivity index (χ2n) is 9.48. The third-order valence-electron chi connectivity index (χ3n) is 7.25. The van der Waals surface area contributed by atoms with Crippen molar-refractivity contribution in [2.75, 3.05) is 48.4 Å². The number of hydrogen-bond acceptors (Lipinski definition) is 8. The molecule has 1 aromatic carbocycles. The quantitative estimate of drug-likeness (QED) is 0.620. The van der Waals surface area contributed by atoms with Crippen LogP contribution in [0.3, 0.4) is 0 Å². The van der Waals surface area contributed by atoms with Crippen LogP contribution in [-0.4, -0.2) is 60.7 Å². The number of piperidine rings is 1. The molecule has 4 heterocycles. The van der Waals surface area contributed by atoms with Gasteiger partial charge in [-0.05, 0) is 55.7 Å². The Balaban J connectivity index is 1.38.